The Hall–Kier alpha value is -6.64. The Labute approximate surface area is 301 Å². The van der Waals surface area contributed by atoms with Gasteiger partial charge in [0.05, 0.1) is 11.0 Å². The first-order chi connectivity index (χ1) is 25.6. The van der Waals surface area contributed by atoms with E-state index in [0.717, 1.165) is 0 Å². The Bertz CT molecular complexity index is 3240. The van der Waals surface area contributed by atoms with E-state index in [4.69, 9.17) is 0 Å². The van der Waals surface area contributed by atoms with Gasteiger partial charge in [0.15, 0.2) is 0 Å². The second-order valence-electron chi connectivity index (χ2n) is 14.2. The van der Waals surface area contributed by atoms with Gasteiger partial charge in [-0.3, -0.25) is 0 Å². The second-order valence-corrected chi connectivity index (χ2v) is 14.2. The molecule has 0 bridgehead atoms. The Balaban J connectivity index is 1.10. The number of aromatic nitrogens is 2. The molecule has 0 spiro atoms. The van der Waals surface area contributed by atoms with E-state index in [0.29, 0.717) is 0 Å². The number of fused-ring (bicyclic) bond motifs is 12. The molecule has 0 unspecified atom stereocenters. The molecule has 2 heterocycles. The number of aryl methyl sites for hydroxylation is 2. The Morgan fingerprint density at radius 1 is 0.308 bits per heavy atom. The minimum absolute atomic E-state index is 1.22. The van der Waals surface area contributed by atoms with Gasteiger partial charge in [0, 0.05) is 46.7 Å². The summed E-state index contributed by atoms with van der Waals surface area (Å²) in [5.41, 5.74) is 12.5. The largest absolute Gasteiger partial charge is 0.342 e. The van der Waals surface area contributed by atoms with E-state index in [1.165, 1.54) is 109 Å². The maximum Gasteiger partial charge on any atom is 0.0742 e. The predicted octanol–water partition coefficient (Wildman–Crippen LogP) is 13.4. The Morgan fingerprint density at radius 2 is 0.769 bits per heavy atom. The monoisotopic (exact) mass is 662 g/mol. The van der Waals surface area contributed by atoms with Crippen molar-refractivity contribution in [2.45, 2.75) is 0 Å². The van der Waals surface area contributed by atoms with Crippen molar-refractivity contribution in [3.63, 3.8) is 0 Å². The van der Waals surface area contributed by atoms with E-state index in [1.807, 2.05) is 0 Å². The smallest absolute Gasteiger partial charge is 0.0742 e. The average Bonchev–Trinajstić information content (AvgIpc) is 3.67. The minimum Gasteiger partial charge on any atom is -0.342 e. The topological polar surface area (TPSA) is 9.86 Å². The third-order valence-electron chi connectivity index (χ3n) is 11.5. The van der Waals surface area contributed by atoms with E-state index in [9.17, 15) is 0 Å². The maximum atomic E-state index is 2.43. The summed E-state index contributed by atoms with van der Waals surface area (Å²) in [5.74, 6) is 0. The SMILES string of the molecule is Cn1c2cc(-c3ccc(-c4cccc5ccccc45)cc3)ccc2c2c3ccccc3c3c4ccc(-c5ccc6ccccc6c5)cc4n(C)c3c21. The molecule has 0 radical (unpaired) electrons. The van der Waals surface area contributed by atoms with E-state index < -0.39 is 0 Å². The van der Waals surface area contributed by atoms with Crippen LogP contribution in [-0.2, 0) is 14.1 Å². The van der Waals surface area contributed by atoms with Crippen LogP contribution in [0.25, 0.3) is 109 Å². The van der Waals surface area contributed by atoms with Crippen LogP contribution in [0.15, 0.2) is 170 Å². The van der Waals surface area contributed by atoms with Gasteiger partial charge < -0.3 is 9.13 Å². The van der Waals surface area contributed by atoms with Crippen molar-refractivity contribution < 1.29 is 0 Å². The van der Waals surface area contributed by atoms with E-state index in [2.05, 4.69) is 193 Å². The standard InChI is InChI=1S/C50H34N2/c1-51-45-29-37(32-18-21-34(22-19-32)40-17-9-13-33-11-5-6-14-39(33)40)24-26-43(45)47-41-15-7-8-16-42(41)48-44-27-25-38(30-46(44)52(2)50(48)49(47)51)36-23-20-31-10-3-4-12-35(31)28-36/h3-30H,1-2H3. The number of rotatable bonds is 3. The molecule has 0 aliphatic heterocycles. The van der Waals surface area contributed by atoms with Crippen molar-refractivity contribution >= 4 is 75.9 Å². The normalized spacial score (nSPS) is 12.0. The zero-order valence-corrected chi connectivity index (χ0v) is 29.1. The van der Waals surface area contributed by atoms with Crippen LogP contribution >= 0.6 is 0 Å². The summed E-state index contributed by atoms with van der Waals surface area (Å²) in [6, 6.07) is 62.6. The fourth-order valence-electron chi connectivity index (χ4n) is 8.94. The summed E-state index contributed by atoms with van der Waals surface area (Å²) in [4.78, 5) is 0. The highest BCUT2D eigenvalue weighted by Gasteiger charge is 2.22. The van der Waals surface area contributed by atoms with E-state index in [1.54, 1.807) is 0 Å². The van der Waals surface area contributed by atoms with Gasteiger partial charge in [0.2, 0.25) is 0 Å². The third kappa shape index (κ3) is 4.12. The molecule has 0 N–H and O–H groups in total. The molecular weight excluding hydrogens is 629 g/mol. The van der Waals surface area contributed by atoms with Gasteiger partial charge in [0.1, 0.15) is 0 Å². The number of hydrogen-bond donors (Lipinski definition) is 0. The van der Waals surface area contributed by atoms with Crippen molar-refractivity contribution in [2.24, 2.45) is 14.1 Å². The molecule has 0 fully saturated rings. The first-order valence-corrected chi connectivity index (χ1v) is 18.1. The van der Waals surface area contributed by atoms with Crippen molar-refractivity contribution in [3.8, 4) is 33.4 Å². The molecule has 9 aromatic carbocycles. The zero-order chi connectivity index (χ0) is 34.5. The number of hydrogen-bond acceptors (Lipinski definition) is 0. The van der Waals surface area contributed by atoms with Crippen molar-refractivity contribution in [1.82, 2.24) is 9.13 Å². The van der Waals surface area contributed by atoms with Gasteiger partial charge in [-0.25, -0.2) is 0 Å². The molecule has 0 saturated carbocycles. The zero-order valence-electron chi connectivity index (χ0n) is 29.1. The van der Waals surface area contributed by atoms with Crippen LogP contribution in [0.3, 0.4) is 0 Å². The lowest BCUT2D eigenvalue weighted by atomic mass is 9.95. The number of nitrogens with zero attached hydrogens (tertiary/aromatic N) is 2. The lowest BCUT2D eigenvalue weighted by Crippen LogP contribution is -1.93. The average molecular weight is 663 g/mol. The molecule has 2 aromatic heterocycles. The van der Waals surface area contributed by atoms with Crippen LogP contribution in [-0.4, -0.2) is 9.13 Å². The molecule has 52 heavy (non-hydrogen) atoms. The van der Waals surface area contributed by atoms with Gasteiger partial charge in [-0.15, -0.1) is 0 Å². The highest BCUT2D eigenvalue weighted by molar-refractivity contribution is 6.36. The van der Waals surface area contributed by atoms with Gasteiger partial charge in [0.25, 0.3) is 0 Å². The molecule has 244 valence electrons. The quantitative estimate of drug-likeness (QED) is 0.178. The van der Waals surface area contributed by atoms with E-state index in [-0.39, 0.29) is 0 Å². The highest BCUT2D eigenvalue weighted by atomic mass is 15.0. The van der Waals surface area contributed by atoms with Crippen LogP contribution in [0.5, 0.6) is 0 Å². The summed E-state index contributed by atoms with van der Waals surface area (Å²) in [7, 11) is 4.48. The molecular formula is C50H34N2. The molecule has 0 aliphatic carbocycles. The fourth-order valence-corrected chi connectivity index (χ4v) is 8.94. The van der Waals surface area contributed by atoms with Crippen LogP contribution < -0.4 is 0 Å². The van der Waals surface area contributed by atoms with Crippen LogP contribution in [0.4, 0.5) is 0 Å². The van der Waals surface area contributed by atoms with Crippen molar-refractivity contribution in [2.75, 3.05) is 0 Å². The fraction of sp³-hybridized carbons (Fsp3) is 0.0400. The summed E-state index contributed by atoms with van der Waals surface area (Å²) in [6.45, 7) is 0. The molecule has 0 saturated heterocycles. The van der Waals surface area contributed by atoms with Crippen LogP contribution in [0.1, 0.15) is 0 Å². The molecule has 11 aromatic rings. The molecule has 2 nitrogen and oxygen atoms in total. The predicted molar refractivity (Wildman–Crippen MR) is 223 cm³/mol. The lowest BCUT2D eigenvalue weighted by Gasteiger charge is -2.09. The molecule has 0 aliphatic rings. The summed E-state index contributed by atoms with van der Waals surface area (Å²) >= 11 is 0. The number of benzene rings is 9. The molecule has 0 amide bonds. The van der Waals surface area contributed by atoms with Crippen molar-refractivity contribution in [1.29, 1.82) is 0 Å². The molecule has 2 heteroatoms. The Morgan fingerprint density at radius 3 is 1.42 bits per heavy atom. The second kappa shape index (κ2) is 10.9. The molecule has 0 atom stereocenters. The lowest BCUT2D eigenvalue weighted by molar-refractivity contribution is 0.987. The van der Waals surface area contributed by atoms with Crippen LogP contribution in [0, 0.1) is 0 Å². The van der Waals surface area contributed by atoms with Gasteiger partial charge >= 0.3 is 0 Å². The summed E-state index contributed by atoms with van der Waals surface area (Å²) < 4.78 is 4.85. The first kappa shape index (κ1) is 29.1. The van der Waals surface area contributed by atoms with Gasteiger partial charge in [-0.2, -0.15) is 0 Å². The highest BCUT2D eigenvalue weighted by Crippen LogP contribution is 2.45. The third-order valence-corrected chi connectivity index (χ3v) is 11.5. The summed E-state index contributed by atoms with van der Waals surface area (Å²) in [6.07, 6.45) is 0. The van der Waals surface area contributed by atoms with E-state index >= 15 is 0 Å². The molecule has 11 rings (SSSR count). The van der Waals surface area contributed by atoms with Crippen LogP contribution in [0.2, 0.25) is 0 Å². The maximum absolute atomic E-state index is 2.43. The first-order valence-electron chi connectivity index (χ1n) is 18.1. The van der Waals surface area contributed by atoms with Gasteiger partial charge in [-0.1, -0.05) is 152 Å². The minimum atomic E-state index is 1.22. The van der Waals surface area contributed by atoms with Crippen molar-refractivity contribution in [3.05, 3.63) is 170 Å². The Kier molecular flexibility index (Phi) is 6.12. The summed E-state index contributed by atoms with van der Waals surface area (Å²) in [5, 5.41) is 12.9. The van der Waals surface area contributed by atoms with Gasteiger partial charge in [-0.05, 0) is 83.9 Å².